The molecule has 0 radical (unpaired) electrons. The molecule has 0 bridgehead atoms. The number of hydrogen-bond donors (Lipinski definition) is 1. The Hall–Kier alpha value is -2.44. The van der Waals surface area contributed by atoms with Gasteiger partial charge in [0.1, 0.15) is 0 Å². The lowest BCUT2D eigenvalue weighted by Gasteiger charge is -2.02. The minimum Gasteiger partial charge on any atom is -0.382 e. The molecule has 0 aliphatic heterocycles. The van der Waals surface area contributed by atoms with E-state index in [1.807, 2.05) is 19.4 Å². The number of rotatable bonds is 5. The normalized spacial score (nSPS) is 10.3. The Morgan fingerprint density at radius 1 is 1.44 bits per heavy atom. The van der Waals surface area contributed by atoms with E-state index < -0.39 is 4.92 Å². The maximum Gasteiger partial charge on any atom is 0.363 e. The highest BCUT2D eigenvalue weighted by Crippen LogP contribution is 2.11. The Kier molecular flexibility index (Phi) is 3.52. The molecule has 0 amide bonds. The summed E-state index contributed by atoms with van der Waals surface area (Å²) in [5.74, 6) is -0.146. The van der Waals surface area contributed by atoms with E-state index in [9.17, 15) is 10.1 Å². The number of nitrogens with zero attached hydrogens (tertiary/aromatic N) is 4. The zero-order chi connectivity index (χ0) is 13.0. The first kappa shape index (κ1) is 12.0. The van der Waals surface area contributed by atoms with Gasteiger partial charge in [-0.15, -0.1) is 0 Å². The lowest BCUT2D eigenvalue weighted by atomic mass is 10.2. The van der Waals surface area contributed by atoms with Crippen LogP contribution < -0.4 is 5.32 Å². The third-order valence-corrected chi connectivity index (χ3v) is 2.44. The molecule has 0 aliphatic carbocycles. The van der Waals surface area contributed by atoms with Crippen molar-refractivity contribution in [3.05, 3.63) is 46.4 Å². The summed E-state index contributed by atoms with van der Waals surface area (Å²) in [5, 5.41) is 17.6. The molecule has 0 unspecified atom stereocenters. The van der Waals surface area contributed by atoms with Crippen molar-refractivity contribution < 1.29 is 4.92 Å². The van der Waals surface area contributed by atoms with Crippen LogP contribution in [0.1, 0.15) is 5.56 Å². The van der Waals surface area contributed by atoms with Crippen molar-refractivity contribution in [3.8, 4) is 0 Å². The summed E-state index contributed by atoms with van der Waals surface area (Å²) < 4.78 is 1.75. The summed E-state index contributed by atoms with van der Waals surface area (Å²) in [6.07, 6.45) is 6.07. The van der Waals surface area contributed by atoms with Gasteiger partial charge in [0.05, 0.1) is 11.9 Å². The minimum absolute atomic E-state index is 0.146. The number of aromatic nitrogens is 3. The van der Waals surface area contributed by atoms with E-state index in [1.165, 1.54) is 12.3 Å². The van der Waals surface area contributed by atoms with E-state index in [-0.39, 0.29) is 5.82 Å². The fourth-order valence-electron chi connectivity index (χ4n) is 1.55. The molecule has 18 heavy (non-hydrogen) atoms. The van der Waals surface area contributed by atoms with E-state index in [0.717, 1.165) is 24.2 Å². The van der Waals surface area contributed by atoms with E-state index in [4.69, 9.17) is 0 Å². The van der Waals surface area contributed by atoms with E-state index in [1.54, 1.807) is 10.7 Å². The number of anilines is 1. The zero-order valence-electron chi connectivity index (χ0n) is 9.91. The van der Waals surface area contributed by atoms with Crippen LogP contribution in [-0.2, 0) is 13.5 Å². The standard InChI is InChI=1S/C11H13N5O2/c1-15-8-9(6-14-15)4-5-12-10-2-3-11(13-7-10)16(17)18/h2-3,6-8,12H,4-5H2,1H3. The van der Waals surface area contributed by atoms with Gasteiger partial charge in [-0.25, -0.2) is 0 Å². The summed E-state index contributed by atoms with van der Waals surface area (Å²) >= 11 is 0. The minimum atomic E-state index is -0.514. The second kappa shape index (κ2) is 5.26. The molecule has 2 heterocycles. The van der Waals surface area contributed by atoms with Crippen molar-refractivity contribution in [1.29, 1.82) is 0 Å². The number of aryl methyl sites for hydroxylation is 1. The molecule has 2 rings (SSSR count). The second-order valence-corrected chi connectivity index (χ2v) is 3.86. The molecule has 7 nitrogen and oxygen atoms in total. The molecule has 2 aromatic rings. The van der Waals surface area contributed by atoms with Gasteiger partial charge in [0.15, 0.2) is 6.20 Å². The Morgan fingerprint density at radius 3 is 2.83 bits per heavy atom. The average molecular weight is 247 g/mol. The SMILES string of the molecule is Cn1cc(CCNc2ccc([N+](=O)[O-])nc2)cn1. The van der Waals surface area contributed by atoms with Crippen LogP contribution in [0.5, 0.6) is 0 Å². The van der Waals surface area contributed by atoms with Crippen LogP contribution in [0.4, 0.5) is 11.5 Å². The lowest BCUT2D eigenvalue weighted by molar-refractivity contribution is -0.389. The van der Waals surface area contributed by atoms with Gasteiger partial charge in [-0.1, -0.05) is 0 Å². The fraction of sp³-hybridized carbons (Fsp3) is 0.273. The first-order chi connectivity index (χ1) is 8.65. The van der Waals surface area contributed by atoms with Gasteiger partial charge in [-0.05, 0) is 28.0 Å². The van der Waals surface area contributed by atoms with Crippen molar-refractivity contribution in [2.75, 3.05) is 11.9 Å². The highest BCUT2D eigenvalue weighted by atomic mass is 16.6. The van der Waals surface area contributed by atoms with Gasteiger partial charge < -0.3 is 15.4 Å². The Bertz CT molecular complexity index is 535. The summed E-state index contributed by atoms with van der Waals surface area (Å²) in [6.45, 7) is 0.727. The Morgan fingerprint density at radius 2 is 2.28 bits per heavy atom. The van der Waals surface area contributed by atoms with Crippen LogP contribution in [0.25, 0.3) is 0 Å². The molecule has 7 heteroatoms. The Balaban J connectivity index is 1.85. The molecule has 2 aromatic heterocycles. The molecule has 0 aromatic carbocycles. The van der Waals surface area contributed by atoms with Crippen LogP contribution in [0, 0.1) is 10.1 Å². The molecule has 0 fully saturated rings. The summed E-state index contributed by atoms with van der Waals surface area (Å²) in [5.41, 5.74) is 1.91. The summed E-state index contributed by atoms with van der Waals surface area (Å²) in [6, 6.07) is 3.03. The van der Waals surface area contributed by atoms with E-state index in [2.05, 4.69) is 15.4 Å². The number of nitro groups is 1. The average Bonchev–Trinajstić information content (AvgIpc) is 2.76. The monoisotopic (exact) mass is 247 g/mol. The molecule has 94 valence electrons. The lowest BCUT2D eigenvalue weighted by Crippen LogP contribution is -2.05. The van der Waals surface area contributed by atoms with Crippen LogP contribution in [0.3, 0.4) is 0 Å². The first-order valence-electron chi connectivity index (χ1n) is 5.47. The Labute approximate surface area is 104 Å². The van der Waals surface area contributed by atoms with Gasteiger partial charge in [0.25, 0.3) is 0 Å². The van der Waals surface area contributed by atoms with Crippen molar-refractivity contribution in [1.82, 2.24) is 14.8 Å². The van der Waals surface area contributed by atoms with Crippen molar-refractivity contribution in [3.63, 3.8) is 0 Å². The van der Waals surface area contributed by atoms with E-state index in [0.29, 0.717) is 0 Å². The van der Waals surface area contributed by atoms with Crippen molar-refractivity contribution >= 4 is 11.5 Å². The predicted molar refractivity (Wildman–Crippen MR) is 66.3 cm³/mol. The summed E-state index contributed by atoms with van der Waals surface area (Å²) in [7, 11) is 1.87. The largest absolute Gasteiger partial charge is 0.382 e. The molecule has 0 aliphatic rings. The maximum atomic E-state index is 10.4. The maximum absolute atomic E-state index is 10.4. The topological polar surface area (TPSA) is 85.9 Å². The van der Waals surface area contributed by atoms with Crippen molar-refractivity contribution in [2.24, 2.45) is 7.05 Å². The number of hydrogen-bond acceptors (Lipinski definition) is 5. The number of nitrogens with one attached hydrogen (secondary N) is 1. The molecule has 0 spiro atoms. The molecule has 0 saturated heterocycles. The highest BCUT2D eigenvalue weighted by Gasteiger charge is 2.05. The van der Waals surface area contributed by atoms with Crippen molar-refractivity contribution in [2.45, 2.75) is 6.42 Å². The molecular weight excluding hydrogens is 234 g/mol. The quantitative estimate of drug-likeness (QED) is 0.637. The second-order valence-electron chi connectivity index (χ2n) is 3.86. The van der Waals surface area contributed by atoms with Gasteiger partial charge in [-0.3, -0.25) is 4.68 Å². The summed E-state index contributed by atoms with van der Waals surface area (Å²) in [4.78, 5) is 13.6. The molecule has 0 saturated carbocycles. The van der Waals surface area contributed by atoms with Crippen LogP contribution >= 0.6 is 0 Å². The van der Waals surface area contributed by atoms with Gasteiger partial charge in [-0.2, -0.15) is 5.10 Å². The van der Waals surface area contributed by atoms with Crippen LogP contribution in [-0.4, -0.2) is 26.2 Å². The molecular formula is C11H13N5O2. The zero-order valence-corrected chi connectivity index (χ0v) is 9.91. The van der Waals surface area contributed by atoms with E-state index >= 15 is 0 Å². The third kappa shape index (κ3) is 3.03. The van der Waals surface area contributed by atoms with Crippen LogP contribution in [0.2, 0.25) is 0 Å². The smallest absolute Gasteiger partial charge is 0.363 e. The molecule has 0 atom stereocenters. The van der Waals surface area contributed by atoms with Gasteiger partial charge >= 0.3 is 5.82 Å². The van der Waals surface area contributed by atoms with Gasteiger partial charge in [0.2, 0.25) is 0 Å². The first-order valence-corrected chi connectivity index (χ1v) is 5.47. The van der Waals surface area contributed by atoms with Crippen LogP contribution in [0.15, 0.2) is 30.7 Å². The molecule has 1 N–H and O–H groups in total. The predicted octanol–water partition coefficient (Wildman–Crippen LogP) is 1.38. The van der Waals surface area contributed by atoms with Gasteiger partial charge in [0, 0.05) is 25.9 Å². The number of pyridine rings is 1. The fourth-order valence-corrected chi connectivity index (χ4v) is 1.55. The third-order valence-electron chi connectivity index (χ3n) is 2.44. The highest BCUT2D eigenvalue weighted by molar-refractivity contribution is 5.43.